The van der Waals surface area contributed by atoms with Crippen LogP contribution in [0.3, 0.4) is 0 Å². The molecule has 9 heteroatoms. The molecule has 2 aromatic rings. The standard InChI is InChI=1S/C20H25N3O5S/c1-4-28-19(24)15-5-7-17(8-6-15)23-29(26,27)18-11-9-16(10-12-18)22-20(25)21-13-14(2)3/h5-12,14,23H,4,13H2,1-3H3,(H2,21,22,25). The quantitative estimate of drug-likeness (QED) is 0.567. The Morgan fingerprint density at radius 1 is 0.966 bits per heavy atom. The molecule has 0 aliphatic carbocycles. The van der Waals surface area contributed by atoms with E-state index in [1.165, 1.54) is 48.5 Å². The highest BCUT2D eigenvalue weighted by Crippen LogP contribution is 2.19. The Labute approximate surface area is 170 Å². The van der Waals surface area contributed by atoms with E-state index in [4.69, 9.17) is 4.74 Å². The van der Waals surface area contributed by atoms with Gasteiger partial charge in [0.1, 0.15) is 0 Å². The van der Waals surface area contributed by atoms with Crippen molar-refractivity contribution in [3.63, 3.8) is 0 Å². The zero-order valence-electron chi connectivity index (χ0n) is 16.6. The van der Waals surface area contributed by atoms with E-state index in [9.17, 15) is 18.0 Å². The highest BCUT2D eigenvalue weighted by molar-refractivity contribution is 7.92. The Bertz CT molecular complexity index is 939. The topological polar surface area (TPSA) is 114 Å². The maximum absolute atomic E-state index is 12.5. The minimum Gasteiger partial charge on any atom is -0.462 e. The van der Waals surface area contributed by atoms with Gasteiger partial charge in [0.15, 0.2) is 0 Å². The summed E-state index contributed by atoms with van der Waals surface area (Å²) in [6, 6.07) is 11.4. The van der Waals surface area contributed by atoms with Crippen molar-refractivity contribution in [2.45, 2.75) is 25.7 Å². The van der Waals surface area contributed by atoms with Crippen LogP contribution in [-0.4, -0.2) is 33.6 Å². The summed E-state index contributed by atoms with van der Waals surface area (Å²) in [4.78, 5) is 23.5. The van der Waals surface area contributed by atoms with Crippen LogP contribution in [0.25, 0.3) is 0 Å². The van der Waals surface area contributed by atoms with E-state index in [0.29, 0.717) is 29.4 Å². The summed E-state index contributed by atoms with van der Waals surface area (Å²) in [6.45, 7) is 6.47. The number of hydrogen-bond donors (Lipinski definition) is 3. The molecule has 0 unspecified atom stereocenters. The zero-order chi connectivity index (χ0) is 21.4. The van der Waals surface area contributed by atoms with Crippen LogP contribution >= 0.6 is 0 Å². The summed E-state index contributed by atoms with van der Waals surface area (Å²) in [7, 11) is -3.82. The molecule has 0 saturated heterocycles. The Balaban J connectivity index is 2.02. The molecule has 29 heavy (non-hydrogen) atoms. The summed E-state index contributed by atoms with van der Waals surface area (Å²) >= 11 is 0. The van der Waals surface area contributed by atoms with Crippen molar-refractivity contribution >= 4 is 33.4 Å². The van der Waals surface area contributed by atoms with Gasteiger partial charge >= 0.3 is 12.0 Å². The second-order valence-electron chi connectivity index (χ2n) is 6.66. The van der Waals surface area contributed by atoms with Crippen LogP contribution in [0.5, 0.6) is 0 Å². The van der Waals surface area contributed by atoms with Crippen LogP contribution in [-0.2, 0) is 14.8 Å². The molecule has 0 aliphatic rings. The van der Waals surface area contributed by atoms with Gasteiger partial charge in [-0.1, -0.05) is 13.8 Å². The number of hydrogen-bond acceptors (Lipinski definition) is 5. The number of ether oxygens (including phenoxy) is 1. The van der Waals surface area contributed by atoms with Crippen LogP contribution in [0.15, 0.2) is 53.4 Å². The van der Waals surface area contributed by atoms with Gasteiger partial charge in [0.05, 0.1) is 17.1 Å². The molecule has 2 rings (SSSR count). The first kappa shape index (κ1) is 22.2. The number of sulfonamides is 1. The van der Waals surface area contributed by atoms with E-state index < -0.39 is 16.0 Å². The predicted molar refractivity (Wildman–Crippen MR) is 112 cm³/mol. The van der Waals surface area contributed by atoms with Gasteiger partial charge in [0, 0.05) is 17.9 Å². The fourth-order valence-corrected chi connectivity index (χ4v) is 3.35. The van der Waals surface area contributed by atoms with Crippen LogP contribution < -0.4 is 15.4 Å². The van der Waals surface area contributed by atoms with Crippen LogP contribution in [0, 0.1) is 5.92 Å². The molecule has 0 fully saturated rings. The summed E-state index contributed by atoms with van der Waals surface area (Å²) < 4.78 is 32.4. The molecule has 156 valence electrons. The number of nitrogens with one attached hydrogen (secondary N) is 3. The van der Waals surface area contributed by atoms with Crippen LogP contribution in [0.4, 0.5) is 16.2 Å². The number of carbonyl (C=O) groups is 2. The van der Waals surface area contributed by atoms with E-state index in [0.717, 1.165) is 0 Å². The van der Waals surface area contributed by atoms with Crippen molar-refractivity contribution in [1.29, 1.82) is 0 Å². The van der Waals surface area contributed by atoms with Gasteiger partial charge in [0.25, 0.3) is 10.0 Å². The molecule has 0 radical (unpaired) electrons. The van der Waals surface area contributed by atoms with Crippen molar-refractivity contribution in [3.05, 3.63) is 54.1 Å². The van der Waals surface area contributed by atoms with Gasteiger partial charge in [-0.25, -0.2) is 18.0 Å². The van der Waals surface area contributed by atoms with Crippen molar-refractivity contribution < 1.29 is 22.7 Å². The highest BCUT2D eigenvalue weighted by atomic mass is 32.2. The molecular weight excluding hydrogens is 394 g/mol. The highest BCUT2D eigenvalue weighted by Gasteiger charge is 2.15. The van der Waals surface area contributed by atoms with Crippen molar-refractivity contribution in [3.8, 4) is 0 Å². The monoisotopic (exact) mass is 419 g/mol. The number of esters is 1. The lowest BCUT2D eigenvalue weighted by Crippen LogP contribution is -2.31. The van der Waals surface area contributed by atoms with E-state index in [-0.39, 0.29) is 17.5 Å². The molecule has 0 aliphatic heterocycles. The zero-order valence-corrected chi connectivity index (χ0v) is 17.4. The van der Waals surface area contributed by atoms with Crippen molar-refractivity contribution in [1.82, 2.24) is 5.32 Å². The van der Waals surface area contributed by atoms with Crippen LogP contribution in [0.1, 0.15) is 31.1 Å². The number of anilines is 2. The van der Waals surface area contributed by atoms with E-state index in [1.807, 2.05) is 13.8 Å². The van der Waals surface area contributed by atoms with E-state index >= 15 is 0 Å². The Kier molecular flexibility index (Phi) is 7.60. The normalized spacial score (nSPS) is 11.0. The largest absolute Gasteiger partial charge is 0.462 e. The summed E-state index contributed by atoms with van der Waals surface area (Å²) in [6.07, 6.45) is 0. The van der Waals surface area contributed by atoms with E-state index in [2.05, 4.69) is 15.4 Å². The molecule has 0 spiro atoms. The Hall–Kier alpha value is -3.07. The first-order chi connectivity index (χ1) is 13.7. The lowest BCUT2D eigenvalue weighted by atomic mass is 10.2. The first-order valence-corrected chi connectivity index (χ1v) is 10.6. The minimum atomic E-state index is -3.82. The molecule has 0 heterocycles. The third-order valence-corrected chi connectivity index (χ3v) is 5.14. The first-order valence-electron chi connectivity index (χ1n) is 9.16. The molecule has 8 nitrogen and oxygen atoms in total. The van der Waals surface area contributed by atoms with Gasteiger partial charge < -0.3 is 15.4 Å². The molecule has 0 atom stereocenters. The number of benzene rings is 2. The average Bonchev–Trinajstić information content (AvgIpc) is 2.67. The maximum Gasteiger partial charge on any atom is 0.338 e. The lowest BCUT2D eigenvalue weighted by Gasteiger charge is -2.11. The van der Waals surface area contributed by atoms with Gasteiger partial charge in [-0.3, -0.25) is 4.72 Å². The smallest absolute Gasteiger partial charge is 0.338 e. The molecule has 2 aromatic carbocycles. The van der Waals surface area contributed by atoms with Crippen molar-refractivity contribution in [2.75, 3.05) is 23.2 Å². The maximum atomic E-state index is 12.5. The SMILES string of the molecule is CCOC(=O)c1ccc(NS(=O)(=O)c2ccc(NC(=O)NCC(C)C)cc2)cc1. The van der Waals surface area contributed by atoms with Gasteiger partial charge in [-0.2, -0.15) is 0 Å². The lowest BCUT2D eigenvalue weighted by molar-refractivity contribution is 0.0526. The molecule has 2 amide bonds. The Morgan fingerprint density at radius 2 is 1.55 bits per heavy atom. The fraction of sp³-hybridized carbons (Fsp3) is 0.300. The summed E-state index contributed by atoms with van der Waals surface area (Å²) in [5, 5.41) is 5.36. The molecule has 0 aromatic heterocycles. The number of rotatable bonds is 8. The van der Waals surface area contributed by atoms with Crippen molar-refractivity contribution in [2.24, 2.45) is 5.92 Å². The molecule has 3 N–H and O–H groups in total. The predicted octanol–water partition coefficient (Wildman–Crippen LogP) is 3.44. The number of urea groups is 1. The second kappa shape index (κ2) is 9.92. The van der Waals surface area contributed by atoms with Gasteiger partial charge in [0.2, 0.25) is 0 Å². The number of amides is 2. The second-order valence-corrected chi connectivity index (χ2v) is 8.34. The average molecular weight is 420 g/mol. The van der Waals surface area contributed by atoms with Gasteiger partial charge in [-0.15, -0.1) is 0 Å². The van der Waals surface area contributed by atoms with E-state index in [1.54, 1.807) is 6.92 Å². The third-order valence-electron chi connectivity index (χ3n) is 3.74. The molecular formula is C20H25N3O5S. The number of carbonyl (C=O) groups excluding carboxylic acids is 2. The van der Waals surface area contributed by atoms with Gasteiger partial charge in [-0.05, 0) is 61.4 Å². The molecule has 0 saturated carbocycles. The summed E-state index contributed by atoms with van der Waals surface area (Å²) in [5.41, 5.74) is 1.12. The summed E-state index contributed by atoms with van der Waals surface area (Å²) in [5.74, 6) is -0.145. The Morgan fingerprint density at radius 3 is 2.10 bits per heavy atom. The fourth-order valence-electron chi connectivity index (χ4n) is 2.29. The third kappa shape index (κ3) is 6.79. The minimum absolute atomic E-state index is 0.0418. The molecule has 0 bridgehead atoms. The van der Waals surface area contributed by atoms with Crippen LogP contribution in [0.2, 0.25) is 0 Å².